The van der Waals surface area contributed by atoms with E-state index < -0.39 is 5.97 Å². The Morgan fingerprint density at radius 3 is 1.86 bits per heavy atom. The van der Waals surface area contributed by atoms with Crippen molar-refractivity contribution >= 4 is 11.8 Å². The number of amidine groups is 1. The molecule has 164 valence electrons. The Labute approximate surface area is 172 Å². The SMILES string of the molecule is CCCCCCCCCCCCCCCCC1=NCC[N+]1(CCO)CC(=O)O. The van der Waals surface area contributed by atoms with Crippen molar-refractivity contribution < 1.29 is 19.5 Å². The summed E-state index contributed by atoms with van der Waals surface area (Å²) >= 11 is 0. The van der Waals surface area contributed by atoms with Crippen molar-refractivity contribution in [2.75, 3.05) is 32.8 Å². The van der Waals surface area contributed by atoms with Crippen molar-refractivity contribution in [3.63, 3.8) is 0 Å². The zero-order chi connectivity index (χ0) is 20.5. The number of aliphatic hydroxyl groups is 1. The maximum Gasteiger partial charge on any atom is 0.359 e. The second-order valence-corrected chi connectivity index (χ2v) is 8.51. The zero-order valence-electron chi connectivity index (χ0n) is 18.3. The quantitative estimate of drug-likeness (QED) is 0.233. The molecule has 28 heavy (non-hydrogen) atoms. The summed E-state index contributed by atoms with van der Waals surface area (Å²) in [7, 11) is 0. The van der Waals surface area contributed by atoms with E-state index in [-0.39, 0.29) is 13.2 Å². The highest BCUT2D eigenvalue weighted by Gasteiger charge is 2.39. The van der Waals surface area contributed by atoms with Gasteiger partial charge in [0.25, 0.3) is 0 Å². The van der Waals surface area contributed by atoms with Crippen LogP contribution in [0.1, 0.15) is 103 Å². The first kappa shape index (κ1) is 25.1. The fourth-order valence-electron chi connectivity index (χ4n) is 4.38. The minimum Gasteiger partial charge on any atom is -0.477 e. The molecule has 0 radical (unpaired) electrons. The number of carboxylic acids is 1. The number of aliphatic carboxylic acids is 1. The topological polar surface area (TPSA) is 69.9 Å². The lowest BCUT2D eigenvalue weighted by Gasteiger charge is -2.32. The summed E-state index contributed by atoms with van der Waals surface area (Å²) in [6, 6.07) is 0. The van der Waals surface area contributed by atoms with E-state index in [0.29, 0.717) is 17.6 Å². The largest absolute Gasteiger partial charge is 0.477 e. The molecular formula is C23H45N2O3+. The van der Waals surface area contributed by atoms with Crippen LogP contribution in [0.25, 0.3) is 0 Å². The summed E-state index contributed by atoms with van der Waals surface area (Å²) in [5.74, 6) is 0.194. The number of aliphatic hydroxyl groups excluding tert-OH is 1. The van der Waals surface area contributed by atoms with Gasteiger partial charge in [0.15, 0.2) is 12.4 Å². The van der Waals surface area contributed by atoms with Crippen molar-refractivity contribution in [1.29, 1.82) is 0 Å². The van der Waals surface area contributed by atoms with Crippen LogP contribution >= 0.6 is 0 Å². The third-order valence-corrected chi connectivity index (χ3v) is 6.09. The fourth-order valence-corrected chi connectivity index (χ4v) is 4.38. The number of unbranched alkanes of at least 4 members (excludes halogenated alkanes) is 13. The van der Waals surface area contributed by atoms with Crippen molar-refractivity contribution in [3.05, 3.63) is 0 Å². The first-order chi connectivity index (χ1) is 13.6. The van der Waals surface area contributed by atoms with Crippen LogP contribution in [0.3, 0.4) is 0 Å². The Balaban J connectivity index is 2.01. The van der Waals surface area contributed by atoms with Crippen molar-refractivity contribution in [2.45, 2.75) is 103 Å². The normalized spacial score (nSPS) is 19.1. The summed E-state index contributed by atoms with van der Waals surface area (Å²) in [4.78, 5) is 15.8. The molecule has 0 saturated carbocycles. The van der Waals surface area contributed by atoms with Crippen LogP contribution < -0.4 is 0 Å². The summed E-state index contributed by atoms with van der Waals surface area (Å²) in [5, 5.41) is 18.6. The standard InChI is InChI=1S/C23H44N2O3/c1-2-3-4-5-6-7-8-9-10-11-12-13-14-15-16-22-24-17-18-25(22,19-20-26)21-23(27)28/h26H,2-21H2,1H3/p+1. The average Bonchev–Trinajstić information content (AvgIpc) is 3.03. The molecule has 0 amide bonds. The minimum absolute atomic E-state index is 0.0189. The van der Waals surface area contributed by atoms with Crippen LogP contribution in [0.2, 0.25) is 0 Å². The highest BCUT2D eigenvalue weighted by Crippen LogP contribution is 2.20. The Morgan fingerprint density at radius 1 is 0.893 bits per heavy atom. The number of carboxylic acid groups (broad SMARTS) is 1. The maximum atomic E-state index is 11.2. The summed E-state index contributed by atoms with van der Waals surface area (Å²) in [5.41, 5.74) is 0. The van der Waals surface area contributed by atoms with Gasteiger partial charge in [-0.15, -0.1) is 0 Å². The Bertz CT molecular complexity index is 440. The van der Waals surface area contributed by atoms with E-state index in [9.17, 15) is 15.0 Å². The molecule has 0 aromatic carbocycles. The first-order valence-corrected chi connectivity index (χ1v) is 11.9. The lowest BCUT2D eigenvalue weighted by molar-refractivity contribution is -0.829. The second kappa shape index (κ2) is 15.9. The Morgan fingerprint density at radius 2 is 1.39 bits per heavy atom. The molecule has 1 aliphatic rings. The molecule has 2 N–H and O–H groups in total. The average molecular weight is 398 g/mol. The predicted octanol–water partition coefficient (Wildman–Crippen LogP) is 5.16. The highest BCUT2D eigenvalue weighted by molar-refractivity contribution is 5.80. The van der Waals surface area contributed by atoms with E-state index in [1.807, 2.05) is 0 Å². The molecule has 1 unspecified atom stereocenters. The minimum atomic E-state index is -0.802. The third-order valence-electron chi connectivity index (χ3n) is 6.09. The smallest absolute Gasteiger partial charge is 0.359 e. The number of carbonyl (C=O) groups is 1. The van der Waals surface area contributed by atoms with E-state index >= 15 is 0 Å². The molecule has 0 spiro atoms. The molecule has 0 saturated heterocycles. The Kier molecular flexibility index (Phi) is 14.3. The Hall–Kier alpha value is -0.940. The van der Waals surface area contributed by atoms with Crippen LogP contribution in [-0.2, 0) is 4.79 Å². The van der Waals surface area contributed by atoms with Gasteiger partial charge in [-0.1, -0.05) is 90.4 Å². The van der Waals surface area contributed by atoms with Gasteiger partial charge in [0, 0.05) is 6.42 Å². The van der Waals surface area contributed by atoms with Crippen molar-refractivity contribution in [2.24, 2.45) is 4.99 Å². The highest BCUT2D eigenvalue weighted by atomic mass is 16.4. The van der Waals surface area contributed by atoms with E-state index in [0.717, 1.165) is 25.2 Å². The summed E-state index contributed by atoms with van der Waals surface area (Å²) < 4.78 is 0.365. The van der Waals surface area contributed by atoms with Crippen LogP contribution in [-0.4, -0.2) is 59.3 Å². The molecule has 5 heteroatoms. The second-order valence-electron chi connectivity index (χ2n) is 8.51. The summed E-state index contributed by atoms with van der Waals surface area (Å²) in [6.07, 6.45) is 19.7. The van der Waals surface area contributed by atoms with Gasteiger partial charge < -0.3 is 10.2 Å². The monoisotopic (exact) mass is 397 g/mol. The van der Waals surface area contributed by atoms with E-state index in [2.05, 4.69) is 11.9 Å². The molecule has 0 aliphatic carbocycles. The van der Waals surface area contributed by atoms with Gasteiger partial charge in [0.05, 0.1) is 13.2 Å². The molecule has 0 fully saturated rings. The van der Waals surface area contributed by atoms with Crippen LogP contribution in [0, 0.1) is 0 Å². The molecule has 1 aliphatic heterocycles. The van der Waals surface area contributed by atoms with Crippen LogP contribution in [0.5, 0.6) is 0 Å². The number of hydrogen-bond donors (Lipinski definition) is 2. The van der Waals surface area contributed by atoms with Gasteiger partial charge in [-0.2, -0.15) is 0 Å². The zero-order valence-corrected chi connectivity index (χ0v) is 18.3. The fraction of sp³-hybridized carbons (Fsp3) is 0.913. The molecule has 1 atom stereocenters. The van der Waals surface area contributed by atoms with Gasteiger partial charge in [0.2, 0.25) is 0 Å². The van der Waals surface area contributed by atoms with Gasteiger partial charge in [-0.3, -0.25) is 4.48 Å². The maximum absolute atomic E-state index is 11.2. The van der Waals surface area contributed by atoms with Crippen LogP contribution in [0.4, 0.5) is 0 Å². The third kappa shape index (κ3) is 10.6. The first-order valence-electron chi connectivity index (χ1n) is 11.9. The molecule has 1 rings (SSSR count). The lowest BCUT2D eigenvalue weighted by atomic mass is 10.0. The van der Waals surface area contributed by atoms with Gasteiger partial charge >= 0.3 is 5.97 Å². The predicted molar refractivity (Wildman–Crippen MR) is 117 cm³/mol. The van der Waals surface area contributed by atoms with E-state index in [1.165, 1.54) is 83.5 Å². The van der Waals surface area contributed by atoms with Crippen molar-refractivity contribution in [1.82, 2.24) is 0 Å². The number of rotatable bonds is 19. The number of nitrogens with zero attached hydrogens (tertiary/aromatic N) is 2. The number of aliphatic imine (C=N–C) groups is 1. The van der Waals surface area contributed by atoms with Gasteiger partial charge in [0.1, 0.15) is 13.1 Å². The van der Waals surface area contributed by atoms with Crippen molar-refractivity contribution in [3.8, 4) is 0 Å². The molecule has 0 aromatic rings. The molecule has 0 aromatic heterocycles. The van der Waals surface area contributed by atoms with E-state index in [4.69, 9.17) is 0 Å². The summed E-state index contributed by atoms with van der Waals surface area (Å²) in [6.45, 7) is 4.24. The molecule has 1 heterocycles. The lowest BCUT2D eigenvalue weighted by Crippen LogP contribution is -2.55. The number of hydrogen-bond acceptors (Lipinski definition) is 3. The van der Waals surface area contributed by atoms with E-state index in [1.54, 1.807) is 0 Å². The number of quaternary nitrogens is 1. The van der Waals surface area contributed by atoms with Crippen LogP contribution in [0.15, 0.2) is 4.99 Å². The van der Waals surface area contributed by atoms with Gasteiger partial charge in [-0.05, 0) is 6.42 Å². The molecular weight excluding hydrogens is 352 g/mol. The molecule has 5 nitrogen and oxygen atoms in total. The molecule has 0 bridgehead atoms. The van der Waals surface area contributed by atoms with Gasteiger partial charge in [-0.25, -0.2) is 9.79 Å².